The summed E-state index contributed by atoms with van der Waals surface area (Å²) in [5.41, 5.74) is 10.0. The normalized spacial score (nSPS) is 18.7. The first-order chi connectivity index (χ1) is 14.6. The second-order valence-electron chi connectivity index (χ2n) is 8.18. The van der Waals surface area contributed by atoms with E-state index in [0.717, 1.165) is 46.7 Å². The molecule has 3 aromatic rings. The van der Waals surface area contributed by atoms with Gasteiger partial charge in [-0.2, -0.15) is 0 Å². The number of carbonyl (C=O) groups is 1. The maximum atomic E-state index is 12.9. The Morgan fingerprint density at radius 2 is 2.07 bits per heavy atom. The van der Waals surface area contributed by atoms with E-state index in [2.05, 4.69) is 33.4 Å². The van der Waals surface area contributed by atoms with Crippen LogP contribution in [-0.4, -0.2) is 36.6 Å². The van der Waals surface area contributed by atoms with Gasteiger partial charge in [0.05, 0.1) is 11.7 Å². The molecule has 0 unspecified atom stereocenters. The van der Waals surface area contributed by atoms with Gasteiger partial charge in [-0.05, 0) is 56.4 Å². The third-order valence-corrected chi connectivity index (χ3v) is 7.07. The van der Waals surface area contributed by atoms with Crippen LogP contribution in [0.2, 0.25) is 0 Å². The van der Waals surface area contributed by atoms with E-state index in [0.29, 0.717) is 17.2 Å². The van der Waals surface area contributed by atoms with Crippen molar-refractivity contribution in [2.45, 2.75) is 38.6 Å². The number of nitrogens with zero attached hydrogens (tertiary/aromatic N) is 2. The molecule has 0 aliphatic carbocycles. The molecule has 1 aromatic carbocycles. The van der Waals surface area contributed by atoms with E-state index in [1.807, 2.05) is 19.1 Å². The monoisotopic (exact) mass is 422 g/mol. The number of rotatable bonds is 3. The molecule has 3 N–H and O–H groups in total. The number of amides is 1. The summed E-state index contributed by atoms with van der Waals surface area (Å²) in [5, 5.41) is 3.94. The molecule has 5 rings (SSSR count). The van der Waals surface area contributed by atoms with Crippen molar-refractivity contribution in [1.29, 1.82) is 0 Å². The molecule has 0 radical (unpaired) electrons. The molecular weight excluding hydrogens is 396 g/mol. The van der Waals surface area contributed by atoms with Gasteiger partial charge in [0.2, 0.25) is 0 Å². The van der Waals surface area contributed by atoms with Crippen LogP contribution < -0.4 is 20.7 Å². The molecule has 1 saturated heterocycles. The number of pyridine rings is 1. The number of nitrogen functional groups attached to an aromatic ring is 1. The first-order valence-electron chi connectivity index (χ1n) is 10.6. The number of anilines is 2. The zero-order chi connectivity index (χ0) is 20.7. The van der Waals surface area contributed by atoms with Crippen LogP contribution in [0, 0.1) is 6.92 Å². The summed E-state index contributed by atoms with van der Waals surface area (Å²) in [7, 11) is 0. The lowest BCUT2D eigenvalue weighted by Gasteiger charge is -2.31. The van der Waals surface area contributed by atoms with Gasteiger partial charge >= 0.3 is 0 Å². The van der Waals surface area contributed by atoms with Crippen molar-refractivity contribution in [3.05, 3.63) is 46.5 Å². The van der Waals surface area contributed by atoms with Gasteiger partial charge in [0.1, 0.15) is 22.1 Å². The summed E-state index contributed by atoms with van der Waals surface area (Å²) >= 11 is 1.34. The minimum atomic E-state index is -0.157. The topological polar surface area (TPSA) is 80.5 Å². The van der Waals surface area contributed by atoms with Crippen molar-refractivity contribution in [3.8, 4) is 5.75 Å². The number of piperidine rings is 1. The third-order valence-electron chi connectivity index (χ3n) is 5.95. The molecule has 0 spiro atoms. The van der Waals surface area contributed by atoms with Crippen LogP contribution in [0.25, 0.3) is 10.2 Å². The summed E-state index contributed by atoms with van der Waals surface area (Å²) in [4.78, 5) is 21.1. The minimum Gasteiger partial charge on any atom is -0.491 e. The smallest absolute Gasteiger partial charge is 0.263 e. The summed E-state index contributed by atoms with van der Waals surface area (Å²) < 4.78 is 6.03. The minimum absolute atomic E-state index is 0.0786. The molecule has 0 bridgehead atoms. The molecule has 7 heteroatoms. The van der Waals surface area contributed by atoms with Gasteiger partial charge < -0.3 is 20.7 Å². The number of hydrogen-bond donors (Lipinski definition) is 2. The van der Waals surface area contributed by atoms with E-state index in [4.69, 9.17) is 10.5 Å². The second-order valence-corrected chi connectivity index (χ2v) is 9.17. The summed E-state index contributed by atoms with van der Waals surface area (Å²) in [6, 6.07) is 10.2. The van der Waals surface area contributed by atoms with Crippen molar-refractivity contribution in [2.75, 3.05) is 30.3 Å². The lowest BCUT2D eigenvalue weighted by molar-refractivity contribution is 0.0920. The number of fused-ring (bicyclic) bond motifs is 2. The molecule has 156 valence electrons. The Morgan fingerprint density at radius 3 is 2.90 bits per heavy atom. The number of aryl methyl sites for hydroxylation is 1. The van der Waals surface area contributed by atoms with Gasteiger partial charge in [0.15, 0.2) is 0 Å². The van der Waals surface area contributed by atoms with Crippen molar-refractivity contribution in [2.24, 2.45) is 0 Å². The van der Waals surface area contributed by atoms with E-state index in [-0.39, 0.29) is 11.9 Å². The van der Waals surface area contributed by atoms with Gasteiger partial charge in [0.25, 0.3) is 5.91 Å². The Morgan fingerprint density at radius 1 is 1.23 bits per heavy atom. The Labute approximate surface area is 180 Å². The van der Waals surface area contributed by atoms with Crippen LogP contribution in [0.3, 0.4) is 0 Å². The van der Waals surface area contributed by atoms with E-state index in [1.165, 1.54) is 36.3 Å². The molecule has 2 aromatic heterocycles. The SMILES string of the molecule is Cc1ccc2c(N)c(C(=O)N[C@@H]3COc4cc(N5CCCCC5)ccc4C3)sc2n1. The highest BCUT2D eigenvalue weighted by molar-refractivity contribution is 7.21. The first-order valence-corrected chi connectivity index (χ1v) is 11.4. The number of thiophene rings is 1. The molecule has 1 fully saturated rings. The average molecular weight is 423 g/mol. The molecular formula is C23H26N4O2S. The molecule has 0 saturated carbocycles. The number of hydrogen-bond acceptors (Lipinski definition) is 6. The van der Waals surface area contributed by atoms with Crippen LogP contribution in [0.1, 0.15) is 40.2 Å². The molecule has 1 atom stereocenters. The van der Waals surface area contributed by atoms with Crippen LogP contribution in [0.4, 0.5) is 11.4 Å². The Hall–Kier alpha value is -2.80. The van der Waals surface area contributed by atoms with Crippen LogP contribution in [-0.2, 0) is 6.42 Å². The van der Waals surface area contributed by atoms with Crippen LogP contribution in [0.5, 0.6) is 5.75 Å². The molecule has 2 aliphatic heterocycles. The second kappa shape index (κ2) is 7.80. The van der Waals surface area contributed by atoms with E-state index in [9.17, 15) is 4.79 Å². The molecule has 30 heavy (non-hydrogen) atoms. The van der Waals surface area contributed by atoms with Gasteiger partial charge in [-0.3, -0.25) is 4.79 Å². The summed E-state index contributed by atoms with van der Waals surface area (Å²) in [6.07, 6.45) is 4.58. The van der Waals surface area contributed by atoms with Gasteiger partial charge in [-0.15, -0.1) is 11.3 Å². The predicted octanol–water partition coefficient (Wildman–Crippen LogP) is 3.91. The maximum Gasteiger partial charge on any atom is 0.263 e. The van der Waals surface area contributed by atoms with Crippen LogP contribution >= 0.6 is 11.3 Å². The van der Waals surface area contributed by atoms with Gasteiger partial charge in [-0.1, -0.05) is 6.07 Å². The summed E-state index contributed by atoms with van der Waals surface area (Å²) in [5.74, 6) is 0.778. The standard InChI is InChI=1S/C23H26N4O2S/c1-14-5-8-18-20(24)21(30-23(18)25-14)22(28)26-16-11-15-6-7-17(12-19(15)29-13-16)27-9-3-2-4-10-27/h5-8,12,16H,2-4,9-11,13,24H2,1H3,(H,26,28)/t16-/m0/s1. The van der Waals surface area contributed by atoms with Crippen molar-refractivity contribution < 1.29 is 9.53 Å². The zero-order valence-corrected chi connectivity index (χ0v) is 17.9. The van der Waals surface area contributed by atoms with Crippen molar-refractivity contribution in [3.63, 3.8) is 0 Å². The zero-order valence-electron chi connectivity index (χ0n) is 17.1. The Balaban J connectivity index is 1.29. The molecule has 2 aliphatic rings. The van der Waals surface area contributed by atoms with Crippen LogP contribution in [0.15, 0.2) is 30.3 Å². The lowest BCUT2D eigenvalue weighted by atomic mass is 10.0. The highest BCUT2D eigenvalue weighted by atomic mass is 32.1. The fourth-order valence-electron chi connectivity index (χ4n) is 4.31. The third kappa shape index (κ3) is 3.58. The van der Waals surface area contributed by atoms with E-state index >= 15 is 0 Å². The molecule has 4 heterocycles. The van der Waals surface area contributed by atoms with Gasteiger partial charge in [-0.25, -0.2) is 4.98 Å². The lowest BCUT2D eigenvalue weighted by Crippen LogP contribution is -2.42. The number of nitrogens with two attached hydrogens (primary N) is 1. The van der Waals surface area contributed by atoms with Crippen molar-refractivity contribution in [1.82, 2.24) is 10.3 Å². The number of nitrogens with one attached hydrogen (secondary N) is 1. The molecule has 1 amide bonds. The Kier molecular flexibility index (Phi) is 4.98. The van der Waals surface area contributed by atoms with Crippen molar-refractivity contribution >= 4 is 38.8 Å². The number of benzene rings is 1. The maximum absolute atomic E-state index is 12.9. The molecule has 6 nitrogen and oxygen atoms in total. The highest BCUT2D eigenvalue weighted by Gasteiger charge is 2.25. The van der Waals surface area contributed by atoms with E-state index in [1.54, 1.807) is 0 Å². The largest absolute Gasteiger partial charge is 0.491 e. The first kappa shape index (κ1) is 19.2. The fraction of sp³-hybridized carbons (Fsp3) is 0.391. The fourth-order valence-corrected chi connectivity index (χ4v) is 5.35. The average Bonchev–Trinajstić information content (AvgIpc) is 3.09. The quantitative estimate of drug-likeness (QED) is 0.669. The highest BCUT2D eigenvalue weighted by Crippen LogP contribution is 2.34. The summed E-state index contributed by atoms with van der Waals surface area (Å²) in [6.45, 7) is 4.62. The van der Waals surface area contributed by atoms with Gasteiger partial charge in [0, 0.05) is 35.9 Å². The Bertz CT molecular complexity index is 1100. The number of ether oxygens (including phenoxy) is 1. The predicted molar refractivity (Wildman–Crippen MR) is 122 cm³/mol. The number of aromatic nitrogens is 1. The number of carbonyl (C=O) groups excluding carboxylic acids is 1. The van der Waals surface area contributed by atoms with E-state index < -0.39 is 0 Å².